The van der Waals surface area contributed by atoms with E-state index < -0.39 is 0 Å². The summed E-state index contributed by atoms with van der Waals surface area (Å²) in [5.74, 6) is 1.50. The largest absolute Gasteiger partial charge is 0.483 e. The second-order valence-corrected chi connectivity index (χ2v) is 9.78. The molecule has 4 rings (SSSR count). The van der Waals surface area contributed by atoms with Crippen molar-refractivity contribution in [1.29, 1.82) is 0 Å². The van der Waals surface area contributed by atoms with Crippen LogP contribution in [0.25, 0.3) is 11.3 Å². The number of nitrogens with zero attached hydrogens (tertiary/aromatic N) is 4. The highest BCUT2D eigenvalue weighted by atomic mass is 35.5. The molecule has 10 heteroatoms. The first-order chi connectivity index (χ1) is 16.4. The molecule has 1 N–H and O–H groups in total. The molecule has 0 unspecified atom stereocenters. The van der Waals surface area contributed by atoms with Crippen molar-refractivity contribution in [1.82, 2.24) is 19.7 Å². The van der Waals surface area contributed by atoms with Gasteiger partial charge in [-0.2, -0.15) is 0 Å². The van der Waals surface area contributed by atoms with Crippen molar-refractivity contribution in [3.8, 4) is 17.0 Å². The number of thioether (sulfide) groups is 1. The number of rotatable bonds is 9. The van der Waals surface area contributed by atoms with Gasteiger partial charge in [-0.15, -0.1) is 21.5 Å². The minimum atomic E-state index is -0.283. The number of aryl methyl sites for hydroxylation is 1. The van der Waals surface area contributed by atoms with E-state index in [4.69, 9.17) is 16.3 Å². The van der Waals surface area contributed by atoms with Gasteiger partial charge in [0, 0.05) is 23.0 Å². The number of thiazole rings is 1. The summed E-state index contributed by atoms with van der Waals surface area (Å²) in [7, 11) is 1.87. The maximum Gasteiger partial charge on any atom is 0.236 e. The van der Waals surface area contributed by atoms with Gasteiger partial charge in [0.25, 0.3) is 0 Å². The molecule has 0 aliphatic rings. The molecule has 0 saturated heterocycles. The fourth-order valence-electron chi connectivity index (χ4n) is 3.24. The number of carbonyl (C=O) groups is 1. The molecule has 0 fully saturated rings. The smallest absolute Gasteiger partial charge is 0.236 e. The third-order valence-corrected chi connectivity index (χ3v) is 7.13. The van der Waals surface area contributed by atoms with Crippen LogP contribution in [0.2, 0.25) is 5.02 Å². The van der Waals surface area contributed by atoms with Crippen LogP contribution in [0, 0.1) is 0 Å². The Labute approximate surface area is 211 Å². The van der Waals surface area contributed by atoms with Gasteiger partial charge >= 0.3 is 0 Å². The molecular formula is C24H24ClN5O2S2. The number of hydrogen-bond acceptors (Lipinski definition) is 7. The maximum absolute atomic E-state index is 12.5. The Balaban J connectivity index is 1.31. The lowest BCUT2D eigenvalue weighted by Gasteiger charge is -2.14. The fraction of sp³-hybridized carbons (Fsp3) is 0.250. The fourth-order valence-corrected chi connectivity index (χ4v) is 4.82. The van der Waals surface area contributed by atoms with Gasteiger partial charge in [-0.25, -0.2) is 4.98 Å². The summed E-state index contributed by atoms with van der Waals surface area (Å²) in [4.78, 5) is 16.9. The Hall–Kier alpha value is -2.88. The van der Waals surface area contributed by atoms with Crippen molar-refractivity contribution < 1.29 is 9.53 Å². The van der Waals surface area contributed by atoms with Gasteiger partial charge in [0.1, 0.15) is 5.75 Å². The molecule has 2 heterocycles. The molecule has 2 aromatic carbocycles. The summed E-state index contributed by atoms with van der Waals surface area (Å²) >= 11 is 8.63. The van der Waals surface area contributed by atoms with Crippen LogP contribution in [0.4, 0.5) is 5.13 Å². The van der Waals surface area contributed by atoms with Crippen molar-refractivity contribution >= 4 is 45.7 Å². The Morgan fingerprint density at radius 3 is 2.62 bits per heavy atom. The molecule has 1 amide bonds. The molecule has 1 atom stereocenters. The molecule has 4 aromatic rings. The van der Waals surface area contributed by atoms with E-state index in [1.807, 2.05) is 60.3 Å². The SMILES string of the molecule is CCc1ccc(O[C@H](C)c2nnc(SCC(=O)Nc3nc(-c4ccc(Cl)cc4)cs3)n2C)cc1. The first-order valence-electron chi connectivity index (χ1n) is 10.7. The van der Waals surface area contributed by atoms with Crippen LogP contribution in [0.15, 0.2) is 59.1 Å². The molecule has 0 bridgehead atoms. The van der Waals surface area contributed by atoms with Crippen LogP contribution in [0.1, 0.15) is 31.3 Å². The first-order valence-corrected chi connectivity index (χ1v) is 13.0. The van der Waals surface area contributed by atoms with E-state index in [-0.39, 0.29) is 17.8 Å². The van der Waals surface area contributed by atoms with Crippen LogP contribution < -0.4 is 10.1 Å². The lowest BCUT2D eigenvalue weighted by molar-refractivity contribution is -0.113. The van der Waals surface area contributed by atoms with E-state index in [0.717, 1.165) is 23.4 Å². The van der Waals surface area contributed by atoms with Crippen LogP contribution in [0.3, 0.4) is 0 Å². The van der Waals surface area contributed by atoms with Crippen molar-refractivity contribution in [2.45, 2.75) is 31.5 Å². The zero-order chi connectivity index (χ0) is 24.1. The Morgan fingerprint density at radius 1 is 1.18 bits per heavy atom. The van der Waals surface area contributed by atoms with Gasteiger partial charge in [0.05, 0.1) is 11.4 Å². The van der Waals surface area contributed by atoms with E-state index in [9.17, 15) is 4.79 Å². The summed E-state index contributed by atoms with van der Waals surface area (Å²) in [6.07, 6.45) is 0.703. The number of ether oxygens (including phenoxy) is 1. The third-order valence-electron chi connectivity index (χ3n) is 5.10. The highest BCUT2D eigenvalue weighted by Crippen LogP contribution is 2.27. The Kier molecular flexibility index (Phi) is 7.87. The van der Waals surface area contributed by atoms with Gasteiger partial charge in [-0.05, 0) is 43.2 Å². The third kappa shape index (κ3) is 5.97. The first kappa shape index (κ1) is 24.3. The van der Waals surface area contributed by atoms with Crippen molar-refractivity contribution in [3.63, 3.8) is 0 Å². The van der Waals surface area contributed by atoms with Crippen LogP contribution in [-0.4, -0.2) is 31.4 Å². The van der Waals surface area contributed by atoms with E-state index in [0.29, 0.717) is 21.1 Å². The molecule has 176 valence electrons. The minimum absolute atomic E-state index is 0.160. The maximum atomic E-state index is 12.5. The summed E-state index contributed by atoms with van der Waals surface area (Å²) in [5, 5.41) is 15.1. The quantitative estimate of drug-likeness (QED) is 0.275. The number of amides is 1. The van der Waals surface area contributed by atoms with Crippen LogP contribution in [0.5, 0.6) is 5.75 Å². The van der Waals surface area contributed by atoms with Crippen molar-refractivity contribution in [2.75, 3.05) is 11.1 Å². The van der Waals surface area contributed by atoms with Gasteiger partial charge in [0.15, 0.2) is 22.2 Å². The summed E-state index contributed by atoms with van der Waals surface area (Å²) in [5.41, 5.74) is 3.00. The van der Waals surface area contributed by atoms with E-state index in [1.54, 1.807) is 0 Å². The van der Waals surface area contributed by atoms with E-state index in [2.05, 4.69) is 39.6 Å². The molecular weight excluding hydrogens is 490 g/mol. The minimum Gasteiger partial charge on any atom is -0.483 e. The number of carbonyl (C=O) groups excluding carboxylic acids is 1. The topological polar surface area (TPSA) is 81.9 Å². The van der Waals surface area contributed by atoms with Crippen molar-refractivity contribution in [3.05, 3.63) is 70.3 Å². The van der Waals surface area contributed by atoms with E-state index >= 15 is 0 Å². The standard InChI is InChI=1S/C24H24ClN5O2S2/c1-4-16-5-11-19(12-6-16)32-15(2)22-28-29-24(30(22)3)34-14-21(31)27-23-26-20(13-33-23)17-7-9-18(25)10-8-17/h5-13,15H,4,14H2,1-3H3,(H,26,27,31)/t15-/m1/s1. The molecule has 2 aromatic heterocycles. The van der Waals surface area contributed by atoms with Crippen molar-refractivity contribution in [2.24, 2.45) is 7.05 Å². The average Bonchev–Trinajstić information content (AvgIpc) is 3.45. The second kappa shape index (κ2) is 11.0. The number of aromatic nitrogens is 4. The molecule has 0 aliphatic heterocycles. The predicted molar refractivity (Wildman–Crippen MR) is 138 cm³/mol. The van der Waals surface area contributed by atoms with Crippen LogP contribution >= 0.6 is 34.7 Å². The monoisotopic (exact) mass is 513 g/mol. The lowest BCUT2D eigenvalue weighted by Crippen LogP contribution is -2.14. The highest BCUT2D eigenvalue weighted by Gasteiger charge is 2.18. The zero-order valence-electron chi connectivity index (χ0n) is 19.0. The summed E-state index contributed by atoms with van der Waals surface area (Å²) in [6, 6.07) is 15.5. The summed E-state index contributed by atoms with van der Waals surface area (Å²) < 4.78 is 7.87. The molecule has 0 saturated carbocycles. The number of anilines is 1. The average molecular weight is 514 g/mol. The highest BCUT2D eigenvalue weighted by molar-refractivity contribution is 7.99. The van der Waals surface area contributed by atoms with Crippen LogP contribution in [-0.2, 0) is 18.3 Å². The lowest BCUT2D eigenvalue weighted by atomic mass is 10.2. The number of nitrogens with one attached hydrogen (secondary N) is 1. The molecule has 34 heavy (non-hydrogen) atoms. The molecule has 0 aliphatic carbocycles. The normalized spacial score (nSPS) is 11.9. The van der Waals surface area contributed by atoms with Gasteiger partial charge in [-0.3, -0.25) is 4.79 Å². The Bertz CT molecular complexity index is 1260. The number of halogens is 1. The van der Waals surface area contributed by atoms with Gasteiger partial charge < -0.3 is 14.6 Å². The Morgan fingerprint density at radius 2 is 1.91 bits per heavy atom. The van der Waals surface area contributed by atoms with E-state index in [1.165, 1.54) is 28.7 Å². The second-order valence-electron chi connectivity index (χ2n) is 7.54. The molecule has 0 radical (unpaired) electrons. The number of benzene rings is 2. The summed E-state index contributed by atoms with van der Waals surface area (Å²) in [6.45, 7) is 4.05. The molecule has 0 spiro atoms. The number of hydrogen-bond donors (Lipinski definition) is 1. The molecule has 7 nitrogen and oxygen atoms in total. The van der Waals surface area contributed by atoms with Gasteiger partial charge in [0.2, 0.25) is 5.91 Å². The zero-order valence-corrected chi connectivity index (χ0v) is 21.4. The van der Waals surface area contributed by atoms with Gasteiger partial charge in [-0.1, -0.05) is 54.6 Å². The predicted octanol–water partition coefficient (Wildman–Crippen LogP) is 6.03.